The first-order chi connectivity index (χ1) is 13.7. The van der Waals surface area contributed by atoms with Gasteiger partial charge in [0, 0.05) is 17.1 Å². The second-order valence-electron chi connectivity index (χ2n) is 7.53. The van der Waals surface area contributed by atoms with E-state index in [0.29, 0.717) is 12.3 Å². The van der Waals surface area contributed by atoms with Gasteiger partial charge in [0.15, 0.2) is 6.61 Å². The van der Waals surface area contributed by atoms with E-state index in [2.05, 4.69) is 21.2 Å². The average molecular weight is 461 g/mol. The van der Waals surface area contributed by atoms with Gasteiger partial charge in [0.25, 0.3) is 5.91 Å². The van der Waals surface area contributed by atoms with E-state index in [1.165, 1.54) is 5.56 Å². The minimum absolute atomic E-state index is 0.000412. The summed E-state index contributed by atoms with van der Waals surface area (Å²) in [5, 5.41) is 2.88. The lowest BCUT2D eigenvalue weighted by atomic mass is 10.1. The zero-order valence-corrected chi connectivity index (χ0v) is 19.2. The number of hydrogen-bond donors (Lipinski definition) is 1. The number of ether oxygens (including phenoxy) is 1. The Kier molecular flexibility index (Phi) is 8.26. The van der Waals surface area contributed by atoms with Crippen molar-refractivity contribution in [3.63, 3.8) is 0 Å². The van der Waals surface area contributed by atoms with Gasteiger partial charge < -0.3 is 15.0 Å². The van der Waals surface area contributed by atoms with Gasteiger partial charge in [-0.2, -0.15) is 0 Å². The second kappa shape index (κ2) is 10.4. The molecule has 0 spiro atoms. The second-order valence-corrected chi connectivity index (χ2v) is 8.44. The molecule has 5 nitrogen and oxygen atoms in total. The Hall–Kier alpha value is -2.34. The number of benzene rings is 2. The maximum Gasteiger partial charge on any atom is 0.261 e. The van der Waals surface area contributed by atoms with Crippen molar-refractivity contribution in [2.45, 2.75) is 53.2 Å². The van der Waals surface area contributed by atoms with Gasteiger partial charge in [0.1, 0.15) is 11.8 Å². The Bertz CT molecular complexity index is 867. The summed E-state index contributed by atoms with van der Waals surface area (Å²) in [6.45, 7) is 9.75. The molecule has 2 aromatic carbocycles. The van der Waals surface area contributed by atoms with Gasteiger partial charge in [0.2, 0.25) is 5.91 Å². The van der Waals surface area contributed by atoms with E-state index in [9.17, 15) is 9.59 Å². The minimum Gasteiger partial charge on any atom is -0.484 e. The molecule has 156 valence electrons. The number of nitrogens with one attached hydrogen (secondary N) is 1. The summed E-state index contributed by atoms with van der Waals surface area (Å²) in [5.41, 5.74) is 3.20. The topological polar surface area (TPSA) is 58.6 Å². The van der Waals surface area contributed by atoms with Crippen LogP contribution in [0.2, 0.25) is 0 Å². The number of aryl methyl sites for hydroxylation is 2. The quantitative estimate of drug-likeness (QED) is 0.635. The first-order valence-corrected chi connectivity index (χ1v) is 10.5. The molecule has 0 aromatic heterocycles. The number of hydrogen-bond acceptors (Lipinski definition) is 3. The van der Waals surface area contributed by atoms with Crippen molar-refractivity contribution < 1.29 is 14.3 Å². The number of carbonyl (C=O) groups is 2. The van der Waals surface area contributed by atoms with E-state index >= 15 is 0 Å². The van der Waals surface area contributed by atoms with Gasteiger partial charge in [-0.3, -0.25) is 9.59 Å². The van der Waals surface area contributed by atoms with Crippen LogP contribution in [0.1, 0.15) is 37.5 Å². The third-order valence-corrected chi connectivity index (χ3v) is 5.17. The zero-order valence-electron chi connectivity index (χ0n) is 17.7. The summed E-state index contributed by atoms with van der Waals surface area (Å²) in [4.78, 5) is 27.1. The molecule has 1 N–H and O–H groups in total. The van der Waals surface area contributed by atoms with Crippen molar-refractivity contribution in [2.24, 2.45) is 0 Å². The van der Waals surface area contributed by atoms with E-state index in [4.69, 9.17) is 4.74 Å². The maximum absolute atomic E-state index is 13.0. The molecule has 0 bridgehead atoms. The fraction of sp³-hybridized carbons (Fsp3) is 0.391. The molecule has 0 aliphatic carbocycles. The van der Waals surface area contributed by atoms with Crippen LogP contribution >= 0.6 is 15.9 Å². The summed E-state index contributed by atoms with van der Waals surface area (Å²) in [6, 6.07) is 12.8. The standard InChI is InChI=1S/C23H29BrN2O3/c1-15(2)25-23(28)18(5)26(13-19-7-6-8-20(24)12-19)22(27)14-29-21-10-9-16(3)17(4)11-21/h6-12,15,18H,13-14H2,1-5H3,(H,25,28)/t18-/m0/s1. The highest BCUT2D eigenvalue weighted by atomic mass is 79.9. The number of rotatable bonds is 8. The zero-order chi connectivity index (χ0) is 21.6. The Morgan fingerprint density at radius 1 is 1.07 bits per heavy atom. The maximum atomic E-state index is 13.0. The van der Waals surface area contributed by atoms with E-state index in [1.807, 2.05) is 70.2 Å². The molecule has 0 radical (unpaired) electrons. The predicted molar refractivity (Wildman–Crippen MR) is 119 cm³/mol. The monoisotopic (exact) mass is 460 g/mol. The number of nitrogens with zero attached hydrogens (tertiary/aromatic N) is 1. The average Bonchev–Trinajstić information content (AvgIpc) is 2.65. The van der Waals surface area contributed by atoms with Crippen LogP contribution in [-0.2, 0) is 16.1 Å². The number of halogens is 1. The van der Waals surface area contributed by atoms with Crippen molar-refractivity contribution in [2.75, 3.05) is 6.61 Å². The van der Waals surface area contributed by atoms with Gasteiger partial charge in [-0.1, -0.05) is 34.1 Å². The fourth-order valence-corrected chi connectivity index (χ4v) is 3.30. The molecule has 0 heterocycles. The van der Waals surface area contributed by atoms with Crippen LogP contribution < -0.4 is 10.1 Å². The fourth-order valence-electron chi connectivity index (χ4n) is 2.85. The molecule has 0 aliphatic rings. The molecule has 0 saturated carbocycles. The Balaban J connectivity index is 2.16. The van der Waals surface area contributed by atoms with E-state index < -0.39 is 6.04 Å². The van der Waals surface area contributed by atoms with Crippen LogP contribution in [0.15, 0.2) is 46.9 Å². The first-order valence-electron chi connectivity index (χ1n) is 9.71. The van der Waals surface area contributed by atoms with E-state index in [-0.39, 0.29) is 24.5 Å². The van der Waals surface area contributed by atoms with Crippen LogP contribution in [0.3, 0.4) is 0 Å². The third-order valence-electron chi connectivity index (χ3n) is 4.68. The summed E-state index contributed by atoms with van der Waals surface area (Å²) in [5.74, 6) is 0.215. The SMILES string of the molecule is Cc1ccc(OCC(=O)N(Cc2cccc(Br)c2)[C@@H](C)C(=O)NC(C)C)cc1C. The van der Waals surface area contributed by atoms with Gasteiger partial charge in [-0.25, -0.2) is 0 Å². The Morgan fingerprint density at radius 3 is 2.41 bits per heavy atom. The van der Waals surface area contributed by atoms with Crippen LogP contribution in [-0.4, -0.2) is 35.4 Å². The molecule has 6 heteroatoms. The van der Waals surface area contributed by atoms with Gasteiger partial charge in [-0.15, -0.1) is 0 Å². The molecule has 2 amide bonds. The van der Waals surface area contributed by atoms with Crippen LogP contribution in [0.5, 0.6) is 5.75 Å². The smallest absolute Gasteiger partial charge is 0.261 e. The lowest BCUT2D eigenvalue weighted by Gasteiger charge is -2.29. The van der Waals surface area contributed by atoms with Gasteiger partial charge >= 0.3 is 0 Å². The first kappa shape index (κ1) is 22.9. The highest BCUT2D eigenvalue weighted by Crippen LogP contribution is 2.18. The molecule has 0 fully saturated rings. The number of amides is 2. The third kappa shape index (κ3) is 6.89. The summed E-state index contributed by atoms with van der Waals surface area (Å²) in [6.07, 6.45) is 0. The molecule has 2 aromatic rings. The van der Waals surface area contributed by atoms with E-state index in [0.717, 1.165) is 15.6 Å². The van der Waals surface area contributed by atoms with Crippen LogP contribution in [0, 0.1) is 13.8 Å². The minimum atomic E-state index is -0.618. The molecular weight excluding hydrogens is 432 g/mol. The summed E-state index contributed by atoms with van der Waals surface area (Å²) in [7, 11) is 0. The normalized spacial score (nSPS) is 11.8. The highest BCUT2D eigenvalue weighted by Gasteiger charge is 2.27. The molecule has 1 atom stereocenters. The lowest BCUT2D eigenvalue weighted by Crippen LogP contribution is -2.50. The summed E-state index contributed by atoms with van der Waals surface area (Å²) >= 11 is 3.45. The van der Waals surface area contributed by atoms with Crippen molar-refractivity contribution in [1.82, 2.24) is 10.2 Å². The number of carbonyl (C=O) groups excluding carboxylic acids is 2. The molecule has 0 saturated heterocycles. The Morgan fingerprint density at radius 2 is 1.79 bits per heavy atom. The van der Waals surface area contributed by atoms with Crippen molar-refractivity contribution in [1.29, 1.82) is 0 Å². The van der Waals surface area contributed by atoms with Crippen molar-refractivity contribution >= 4 is 27.7 Å². The molecule has 0 aliphatic heterocycles. The van der Waals surface area contributed by atoms with Gasteiger partial charge in [-0.05, 0) is 75.6 Å². The Labute approximate surface area is 181 Å². The molecule has 29 heavy (non-hydrogen) atoms. The van der Waals surface area contributed by atoms with Crippen LogP contribution in [0.25, 0.3) is 0 Å². The molecular formula is C23H29BrN2O3. The molecule has 2 rings (SSSR count). The van der Waals surface area contributed by atoms with Gasteiger partial charge in [0.05, 0.1) is 0 Å². The van der Waals surface area contributed by atoms with Crippen LogP contribution in [0.4, 0.5) is 0 Å². The van der Waals surface area contributed by atoms with E-state index in [1.54, 1.807) is 11.8 Å². The van der Waals surface area contributed by atoms with Crippen molar-refractivity contribution in [3.8, 4) is 5.75 Å². The lowest BCUT2D eigenvalue weighted by molar-refractivity contribution is -0.142. The highest BCUT2D eigenvalue weighted by molar-refractivity contribution is 9.10. The molecule has 0 unspecified atom stereocenters. The van der Waals surface area contributed by atoms with Crippen molar-refractivity contribution in [3.05, 3.63) is 63.6 Å². The predicted octanol–water partition coefficient (Wildman–Crippen LogP) is 4.39. The summed E-state index contributed by atoms with van der Waals surface area (Å²) < 4.78 is 6.65. The largest absolute Gasteiger partial charge is 0.484 e.